The fourth-order valence-electron chi connectivity index (χ4n) is 0.810. The van der Waals surface area contributed by atoms with E-state index in [1.54, 1.807) is 0 Å². The Morgan fingerprint density at radius 2 is 2.17 bits per heavy atom. The number of unbranched alkanes of at least 4 members (excludes halogenated alkanes) is 1. The van der Waals surface area contributed by atoms with Crippen molar-refractivity contribution in [2.45, 2.75) is 39.2 Å². The maximum atomic E-state index is 5.39. The third-order valence-corrected chi connectivity index (χ3v) is 2.42. The van der Waals surface area contributed by atoms with E-state index in [9.17, 15) is 0 Å². The predicted octanol–water partition coefficient (Wildman–Crippen LogP) is 1.09. The molecule has 1 atom stereocenters. The standard InChI is InChI=1S/C8H19NO2Si/c1-3-10-12-11-8(2)6-4-5-7-9/h8H,3-7,9H2,1-2H3. The highest BCUT2D eigenvalue weighted by Crippen LogP contribution is 2.02. The van der Waals surface area contributed by atoms with Crippen LogP contribution in [-0.4, -0.2) is 29.3 Å². The smallest absolute Gasteiger partial charge is 0.393 e. The van der Waals surface area contributed by atoms with Crippen molar-refractivity contribution >= 4 is 10.0 Å². The number of rotatable bonds is 8. The van der Waals surface area contributed by atoms with Crippen molar-refractivity contribution in [2.75, 3.05) is 13.2 Å². The lowest BCUT2D eigenvalue weighted by Crippen LogP contribution is -2.14. The van der Waals surface area contributed by atoms with E-state index in [1.807, 2.05) is 6.92 Å². The molecule has 0 saturated heterocycles. The molecule has 2 radical (unpaired) electrons. The van der Waals surface area contributed by atoms with E-state index in [1.165, 1.54) is 0 Å². The lowest BCUT2D eigenvalue weighted by Gasteiger charge is -2.10. The summed E-state index contributed by atoms with van der Waals surface area (Å²) in [6, 6.07) is 0. The molecule has 0 aromatic rings. The fourth-order valence-corrected chi connectivity index (χ4v) is 1.28. The summed E-state index contributed by atoms with van der Waals surface area (Å²) in [6.45, 7) is 5.55. The molecule has 2 N–H and O–H groups in total. The molecule has 72 valence electrons. The summed E-state index contributed by atoms with van der Waals surface area (Å²) < 4.78 is 10.5. The Bertz CT molecular complexity index is 83.1. The molecular formula is C8H19NO2Si. The first kappa shape index (κ1) is 12.1. The maximum Gasteiger partial charge on any atom is 0.433 e. The second-order valence-corrected chi connectivity index (χ2v) is 3.42. The lowest BCUT2D eigenvalue weighted by atomic mass is 10.2. The Morgan fingerprint density at radius 3 is 2.75 bits per heavy atom. The van der Waals surface area contributed by atoms with E-state index in [4.69, 9.17) is 14.6 Å². The van der Waals surface area contributed by atoms with Gasteiger partial charge in [0.15, 0.2) is 0 Å². The largest absolute Gasteiger partial charge is 0.433 e. The monoisotopic (exact) mass is 189 g/mol. The van der Waals surface area contributed by atoms with E-state index < -0.39 is 0 Å². The Hall–Kier alpha value is 0.0969. The van der Waals surface area contributed by atoms with Crippen molar-refractivity contribution in [2.24, 2.45) is 5.73 Å². The molecule has 0 aliphatic rings. The van der Waals surface area contributed by atoms with Crippen LogP contribution in [0.15, 0.2) is 0 Å². The van der Waals surface area contributed by atoms with Gasteiger partial charge >= 0.3 is 10.0 Å². The Morgan fingerprint density at radius 1 is 1.42 bits per heavy atom. The summed E-state index contributed by atoms with van der Waals surface area (Å²) in [6.07, 6.45) is 3.62. The molecule has 0 amide bonds. The van der Waals surface area contributed by atoms with Crippen LogP contribution in [0.3, 0.4) is 0 Å². The third kappa shape index (κ3) is 8.20. The molecule has 0 spiro atoms. The van der Waals surface area contributed by atoms with E-state index in [0.29, 0.717) is 6.10 Å². The van der Waals surface area contributed by atoms with E-state index >= 15 is 0 Å². The minimum atomic E-state index is 0.193. The van der Waals surface area contributed by atoms with Gasteiger partial charge in [-0.15, -0.1) is 0 Å². The van der Waals surface area contributed by atoms with Crippen LogP contribution < -0.4 is 5.73 Å². The third-order valence-electron chi connectivity index (χ3n) is 1.52. The second kappa shape index (κ2) is 9.19. The molecule has 3 nitrogen and oxygen atoms in total. The zero-order valence-corrected chi connectivity index (χ0v) is 9.01. The molecule has 0 bridgehead atoms. The SMILES string of the molecule is CCO[Si]OC(C)CCCCN. The van der Waals surface area contributed by atoms with Crippen molar-refractivity contribution < 1.29 is 8.85 Å². The van der Waals surface area contributed by atoms with Gasteiger partial charge in [-0.2, -0.15) is 0 Å². The van der Waals surface area contributed by atoms with Crippen molar-refractivity contribution in [3.63, 3.8) is 0 Å². The molecule has 12 heavy (non-hydrogen) atoms. The summed E-state index contributed by atoms with van der Waals surface area (Å²) in [5.74, 6) is 0. The Kier molecular flexibility index (Phi) is 9.26. The second-order valence-electron chi connectivity index (χ2n) is 2.73. The summed E-state index contributed by atoms with van der Waals surface area (Å²) in [5.41, 5.74) is 5.37. The Labute approximate surface area is 77.7 Å². The highest BCUT2D eigenvalue weighted by atomic mass is 28.3. The quantitative estimate of drug-likeness (QED) is 0.459. The summed E-state index contributed by atoms with van der Waals surface area (Å²) in [4.78, 5) is 0. The molecule has 0 rings (SSSR count). The van der Waals surface area contributed by atoms with Gasteiger partial charge in [0.05, 0.1) is 0 Å². The average Bonchev–Trinajstić information content (AvgIpc) is 2.06. The molecule has 0 aliphatic carbocycles. The van der Waals surface area contributed by atoms with Gasteiger partial charge in [0.2, 0.25) is 0 Å². The maximum absolute atomic E-state index is 5.39. The highest BCUT2D eigenvalue weighted by molar-refractivity contribution is 6.18. The zero-order chi connectivity index (χ0) is 9.23. The normalized spacial score (nSPS) is 13.2. The van der Waals surface area contributed by atoms with Crippen LogP contribution in [0.1, 0.15) is 33.1 Å². The minimum absolute atomic E-state index is 0.193. The summed E-state index contributed by atoms with van der Waals surface area (Å²) in [7, 11) is 0.193. The van der Waals surface area contributed by atoms with E-state index in [0.717, 1.165) is 32.4 Å². The van der Waals surface area contributed by atoms with Crippen LogP contribution in [0.25, 0.3) is 0 Å². The van der Waals surface area contributed by atoms with Gasteiger partial charge in [0.25, 0.3) is 0 Å². The molecule has 0 aliphatic heterocycles. The average molecular weight is 189 g/mol. The number of hydrogen-bond donors (Lipinski definition) is 1. The number of nitrogens with two attached hydrogens (primary N) is 1. The molecular weight excluding hydrogens is 170 g/mol. The topological polar surface area (TPSA) is 44.5 Å². The van der Waals surface area contributed by atoms with Gasteiger partial charge in [-0.1, -0.05) is 0 Å². The minimum Gasteiger partial charge on any atom is -0.393 e. The molecule has 0 aromatic heterocycles. The van der Waals surface area contributed by atoms with Crippen molar-refractivity contribution in [3.8, 4) is 0 Å². The predicted molar refractivity (Wildman–Crippen MR) is 50.8 cm³/mol. The first-order valence-corrected chi connectivity index (χ1v) is 5.35. The highest BCUT2D eigenvalue weighted by Gasteiger charge is 2.02. The van der Waals surface area contributed by atoms with Gasteiger partial charge < -0.3 is 14.6 Å². The van der Waals surface area contributed by atoms with Crippen LogP contribution in [0.4, 0.5) is 0 Å². The summed E-state index contributed by atoms with van der Waals surface area (Å²) >= 11 is 0. The van der Waals surface area contributed by atoms with Gasteiger partial charge in [-0.25, -0.2) is 0 Å². The van der Waals surface area contributed by atoms with Crippen molar-refractivity contribution in [3.05, 3.63) is 0 Å². The molecule has 0 heterocycles. The van der Waals surface area contributed by atoms with Crippen LogP contribution in [0.5, 0.6) is 0 Å². The van der Waals surface area contributed by atoms with Crippen molar-refractivity contribution in [1.82, 2.24) is 0 Å². The summed E-state index contributed by atoms with van der Waals surface area (Å²) in [5, 5.41) is 0. The number of hydrogen-bond acceptors (Lipinski definition) is 3. The van der Waals surface area contributed by atoms with Gasteiger partial charge in [-0.05, 0) is 39.7 Å². The molecule has 0 saturated carbocycles. The molecule has 0 fully saturated rings. The Balaban J connectivity index is 3.04. The van der Waals surface area contributed by atoms with Crippen LogP contribution in [-0.2, 0) is 8.85 Å². The zero-order valence-electron chi connectivity index (χ0n) is 8.01. The molecule has 4 heteroatoms. The molecule has 1 unspecified atom stereocenters. The fraction of sp³-hybridized carbons (Fsp3) is 1.00. The first-order valence-electron chi connectivity index (χ1n) is 4.53. The lowest BCUT2D eigenvalue weighted by molar-refractivity contribution is 0.163. The van der Waals surface area contributed by atoms with Gasteiger partial charge in [0.1, 0.15) is 0 Å². The van der Waals surface area contributed by atoms with Crippen LogP contribution >= 0.6 is 0 Å². The van der Waals surface area contributed by atoms with Crippen molar-refractivity contribution in [1.29, 1.82) is 0 Å². The first-order chi connectivity index (χ1) is 5.81. The molecule has 0 aromatic carbocycles. The van der Waals surface area contributed by atoms with Gasteiger partial charge in [-0.3, -0.25) is 0 Å². The van der Waals surface area contributed by atoms with E-state index in [-0.39, 0.29) is 10.0 Å². The van der Waals surface area contributed by atoms with Crippen LogP contribution in [0, 0.1) is 0 Å². The van der Waals surface area contributed by atoms with Crippen LogP contribution in [0.2, 0.25) is 0 Å². The van der Waals surface area contributed by atoms with E-state index in [2.05, 4.69) is 6.92 Å². The van der Waals surface area contributed by atoms with Gasteiger partial charge in [0, 0.05) is 12.7 Å².